The number of aromatic nitrogens is 4. The fraction of sp³-hybridized carbons (Fsp3) is 0.0714. The molecule has 0 aliphatic heterocycles. The molecule has 7 nitrogen and oxygen atoms in total. The number of rotatable bonds is 4. The second-order valence-corrected chi connectivity index (χ2v) is 4.44. The van der Waals surface area contributed by atoms with Crippen molar-refractivity contribution >= 4 is 5.69 Å². The van der Waals surface area contributed by atoms with Gasteiger partial charge in [-0.2, -0.15) is 5.10 Å². The molecule has 0 atom stereocenters. The van der Waals surface area contributed by atoms with Crippen LogP contribution >= 0.6 is 0 Å². The monoisotopic (exact) mass is 281 g/mol. The first-order valence-corrected chi connectivity index (χ1v) is 6.27. The summed E-state index contributed by atoms with van der Waals surface area (Å²) in [5.41, 5.74) is 1.89. The summed E-state index contributed by atoms with van der Waals surface area (Å²) in [7, 11) is 0. The lowest BCUT2D eigenvalue weighted by Gasteiger charge is -1.97. The summed E-state index contributed by atoms with van der Waals surface area (Å²) < 4.78 is 0. The van der Waals surface area contributed by atoms with Gasteiger partial charge in [0.05, 0.1) is 4.92 Å². The van der Waals surface area contributed by atoms with Crippen molar-refractivity contribution in [2.75, 3.05) is 0 Å². The van der Waals surface area contributed by atoms with Crippen LogP contribution in [0.1, 0.15) is 11.4 Å². The van der Waals surface area contributed by atoms with Crippen molar-refractivity contribution in [1.29, 1.82) is 0 Å². The summed E-state index contributed by atoms with van der Waals surface area (Å²) in [4.78, 5) is 18.5. The van der Waals surface area contributed by atoms with Gasteiger partial charge in [-0.1, -0.05) is 12.1 Å². The van der Waals surface area contributed by atoms with Crippen LogP contribution in [0.3, 0.4) is 0 Å². The minimum absolute atomic E-state index is 0.0776. The van der Waals surface area contributed by atoms with E-state index in [0.29, 0.717) is 18.1 Å². The molecule has 7 heteroatoms. The van der Waals surface area contributed by atoms with Gasteiger partial charge in [0, 0.05) is 36.5 Å². The van der Waals surface area contributed by atoms with E-state index in [2.05, 4.69) is 20.2 Å². The number of nitrogens with one attached hydrogen (secondary N) is 1. The normalized spacial score (nSPS) is 10.5. The Morgan fingerprint density at radius 2 is 1.81 bits per heavy atom. The van der Waals surface area contributed by atoms with Crippen molar-refractivity contribution in [3.63, 3.8) is 0 Å². The highest BCUT2D eigenvalue weighted by Crippen LogP contribution is 2.16. The van der Waals surface area contributed by atoms with Gasteiger partial charge in [0.25, 0.3) is 5.69 Å². The average Bonchev–Trinajstić information content (AvgIpc) is 2.97. The third kappa shape index (κ3) is 2.92. The van der Waals surface area contributed by atoms with Crippen LogP contribution < -0.4 is 0 Å². The standard InChI is InChI=1S/C14H11N5O2/c20-19(21)12-3-1-10(2-4-12)9-13-16-14(18-17-13)11-5-7-15-8-6-11/h1-8H,9H2,(H,16,17,18). The first-order valence-electron chi connectivity index (χ1n) is 6.27. The lowest BCUT2D eigenvalue weighted by Crippen LogP contribution is -1.92. The highest BCUT2D eigenvalue weighted by atomic mass is 16.6. The van der Waals surface area contributed by atoms with Crippen LogP contribution in [-0.2, 0) is 6.42 Å². The molecule has 0 aliphatic rings. The molecule has 0 saturated heterocycles. The van der Waals surface area contributed by atoms with Gasteiger partial charge < -0.3 is 0 Å². The Hall–Kier alpha value is -3.09. The molecule has 0 spiro atoms. The van der Waals surface area contributed by atoms with Crippen LogP contribution in [-0.4, -0.2) is 25.1 Å². The molecular formula is C14H11N5O2. The molecule has 0 fully saturated rings. The number of non-ortho nitro benzene ring substituents is 1. The smallest absolute Gasteiger partial charge is 0.265 e. The van der Waals surface area contributed by atoms with E-state index in [-0.39, 0.29) is 5.69 Å². The van der Waals surface area contributed by atoms with Crippen molar-refractivity contribution in [3.8, 4) is 11.4 Å². The molecule has 1 N–H and O–H groups in total. The number of pyridine rings is 1. The van der Waals surface area contributed by atoms with Crippen LogP contribution in [0, 0.1) is 10.1 Å². The van der Waals surface area contributed by atoms with Gasteiger partial charge in [0.15, 0.2) is 5.82 Å². The molecule has 21 heavy (non-hydrogen) atoms. The van der Waals surface area contributed by atoms with Gasteiger partial charge in [0.2, 0.25) is 0 Å². The van der Waals surface area contributed by atoms with Gasteiger partial charge in [-0.25, -0.2) is 4.98 Å². The quantitative estimate of drug-likeness (QED) is 0.584. The summed E-state index contributed by atoms with van der Waals surface area (Å²) >= 11 is 0. The van der Waals surface area contributed by atoms with E-state index < -0.39 is 4.92 Å². The van der Waals surface area contributed by atoms with Gasteiger partial charge in [-0.05, 0) is 17.7 Å². The van der Waals surface area contributed by atoms with Crippen molar-refractivity contribution in [1.82, 2.24) is 20.2 Å². The molecule has 0 aliphatic carbocycles. The zero-order chi connectivity index (χ0) is 14.7. The van der Waals surface area contributed by atoms with Crippen LogP contribution in [0.2, 0.25) is 0 Å². The van der Waals surface area contributed by atoms with Gasteiger partial charge in [-0.15, -0.1) is 0 Å². The molecule has 2 aromatic heterocycles. The molecule has 0 amide bonds. The summed E-state index contributed by atoms with van der Waals surface area (Å²) in [6, 6.07) is 10.1. The Kier molecular flexibility index (Phi) is 3.38. The first kappa shape index (κ1) is 12.9. The predicted octanol–water partition coefficient (Wildman–Crippen LogP) is 2.37. The lowest BCUT2D eigenvalue weighted by molar-refractivity contribution is -0.384. The van der Waals surface area contributed by atoms with E-state index in [9.17, 15) is 10.1 Å². The molecule has 3 aromatic rings. The third-order valence-electron chi connectivity index (χ3n) is 2.99. The second kappa shape index (κ2) is 5.49. The molecule has 104 valence electrons. The maximum Gasteiger partial charge on any atom is 0.269 e. The number of nitro benzene ring substituents is 1. The van der Waals surface area contributed by atoms with E-state index in [0.717, 1.165) is 11.1 Å². The number of H-pyrrole nitrogens is 1. The molecule has 0 radical (unpaired) electrons. The third-order valence-corrected chi connectivity index (χ3v) is 2.99. The largest absolute Gasteiger partial charge is 0.269 e. The Morgan fingerprint density at radius 3 is 2.48 bits per heavy atom. The summed E-state index contributed by atoms with van der Waals surface area (Å²) in [6.07, 6.45) is 3.90. The Balaban J connectivity index is 1.77. The fourth-order valence-electron chi connectivity index (χ4n) is 1.93. The van der Waals surface area contributed by atoms with Crippen molar-refractivity contribution in [2.45, 2.75) is 6.42 Å². The van der Waals surface area contributed by atoms with Gasteiger partial charge in [0.1, 0.15) is 5.82 Å². The molecule has 0 unspecified atom stereocenters. The number of nitro groups is 1. The maximum atomic E-state index is 10.6. The molecular weight excluding hydrogens is 270 g/mol. The molecule has 2 heterocycles. The van der Waals surface area contributed by atoms with Gasteiger partial charge >= 0.3 is 0 Å². The van der Waals surface area contributed by atoms with E-state index in [4.69, 9.17) is 0 Å². The second-order valence-electron chi connectivity index (χ2n) is 4.44. The Bertz CT molecular complexity index is 753. The highest BCUT2D eigenvalue weighted by molar-refractivity contribution is 5.53. The van der Waals surface area contributed by atoms with Crippen LogP contribution in [0.4, 0.5) is 5.69 Å². The number of hydrogen-bond donors (Lipinski definition) is 1. The summed E-state index contributed by atoms with van der Waals surface area (Å²) in [6.45, 7) is 0. The average molecular weight is 281 g/mol. The number of hydrogen-bond acceptors (Lipinski definition) is 5. The maximum absolute atomic E-state index is 10.6. The molecule has 0 saturated carbocycles. The van der Waals surface area contributed by atoms with Crippen LogP contribution in [0.5, 0.6) is 0 Å². The topological polar surface area (TPSA) is 97.6 Å². The lowest BCUT2D eigenvalue weighted by atomic mass is 10.1. The first-order chi connectivity index (χ1) is 10.2. The summed E-state index contributed by atoms with van der Waals surface area (Å²) in [5, 5.41) is 17.6. The van der Waals surface area contributed by atoms with Crippen molar-refractivity contribution in [2.24, 2.45) is 0 Å². The minimum Gasteiger partial charge on any atom is -0.265 e. The molecule has 0 bridgehead atoms. The van der Waals surface area contributed by atoms with E-state index >= 15 is 0 Å². The van der Waals surface area contributed by atoms with E-state index in [1.807, 2.05) is 12.1 Å². The molecule has 1 aromatic carbocycles. The van der Waals surface area contributed by atoms with Crippen LogP contribution in [0.25, 0.3) is 11.4 Å². The van der Waals surface area contributed by atoms with Crippen molar-refractivity contribution in [3.05, 3.63) is 70.3 Å². The fourth-order valence-corrected chi connectivity index (χ4v) is 1.93. The van der Waals surface area contributed by atoms with E-state index in [1.54, 1.807) is 24.5 Å². The Labute approximate surface area is 119 Å². The number of nitrogens with zero attached hydrogens (tertiary/aromatic N) is 4. The molecule has 3 rings (SSSR count). The number of aromatic amines is 1. The van der Waals surface area contributed by atoms with E-state index in [1.165, 1.54) is 12.1 Å². The zero-order valence-corrected chi connectivity index (χ0v) is 10.9. The predicted molar refractivity (Wildman–Crippen MR) is 75.5 cm³/mol. The SMILES string of the molecule is O=[N+]([O-])c1ccc(Cc2nc(-c3ccncc3)n[nH]2)cc1. The number of benzene rings is 1. The van der Waals surface area contributed by atoms with Crippen LogP contribution in [0.15, 0.2) is 48.8 Å². The zero-order valence-electron chi connectivity index (χ0n) is 10.9. The highest BCUT2D eigenvalue weighted by Gasteiger charge is 2.08. The summed E-state index contributed by atoms with van der Waals surface area (Å²) in [5.74, 6) is 1.31. The minimum atomic E-state index is -0.417. The van der Waals surface area contributed by atoms with Crippen molar-refractivity contribution < 1.29 is 4.92 Å². The Morgan fingerprint density at radius 1 is 1.10 bits per heavy atom. The van der Waals surface area contributed by atoms with Gasteiger partial charge in [-0.3, -0.25) is 20.2 Å².